The number of aryl methyl sites for hydroxylation is 4. The van der Waals surface area contributed by atoms with E-state index in [1.165, 1.54) is 5.56 Å². The number of rotatable bonds is 2. The van der Waals surface area contributed by atoms with Crippen molar-refractivity contribution >= 4 is 11.4 Å². The lowest BCUT2D eigenvalue weighted by Crippen LogP contribution is -1.86. The molecule has 0 unspecified atom stereocenters. The summed E-state index contributed by atoms with van der Waals surface area (Å²) in [6, 6.07) is 11.6. The zero-order chi connectivity index (χ0) is 16.3. The first-order chi connectivity index (χ1) is 10.5. The summed E-state index contributed by atoms with van der Waals surface area (Å²) in [4.78, 5) is 0. The zero-order valence-electron chi connectivity index (χ0n) is 13.1. The van der Waals surface area contributed by atoms with Crippen molar-refractivity contribution in [2.24, 2.45) is 10.2 Å². The molecule has 0 aliphatic carbocycles. The SMILES string of the molecule is Cc1cc(C#N)c(N=Nc2cc(C)c(C)cc2C)c(C#N)c1. The van der Waals surface area contributed by atoms with Gasteiger partial charge in [0.1, 0.15) is 17.8 Å². The Morgan fingerprint density at radius 3 is 1.82 bits per heavy atom. The molecule has 2 aromatic rings. The van der Waals surface area contributed by atoms with E-state index < -0.39 is 0 Å². The first-order valence-corrected chi connectivity index (χ1v) is 6.90. The van der Waals surface area contributed by atoms with Crippen LogP contribution < -0.4 is 0 Å². The van der Waals surface area contributed by atoms with Crippen LogP contribution >= 0.6 is 0 Å². The number of nitrogens with zero attached hydrogens (tertiary/aromatic N) is 4. The van der Waals surface area contributed by atoms with E-state index in [0.29, 0.717) is 16.8 Å². The standard InChI is InChI=1S/C18H16N4/c1-11-5-15(9-19)18(16(6-11)10-20)22-21-17-8-13(3)12(2)7-14(17)4/h5-8H,1-4H3. The molecule has 22 heavy (non-hydrogen) atoms. The molecule has 0 amide bonds. The van der Waals surface area contributed by atoms with Crippen molar-refractivity contribution in [2.75, 3.05) is 0 Å². The molecule has 0 aliphatic heterocycles. The molecule has 0 saturated carbocycles. The summed E-state index contributed by atoms with van der Waals surface area (Å²) in [7, 11) is 0. The molecule has 0 radical (unpaired) electrons. The highest BCUT2D eigenvalue weighted by Crippen LogP contribution is 2.29. The van der Waals surface area contributed by atoms with Crippen LogP contribution in [0.1, 0.15) is 33.4 Å². The van der Waals surface area contributed by atoms with Gasteiger partial charge in [-0.05, 0) is 68.1 Å². The van der Waals surface area contributed by atoms with Crippen LogP contribution in [0.15, 0.2) is 34.5 Å². The molecule has 0 spiro atoms. The summed E-state index contributed by atoms with van der Waals surface area (Å²) in [6.45, 7) is 7.87. The van der Waals surface area contributed by atoms with E-state index in [0.717, 1.165) is 22.4 Å². The van der Waals surface area contributed by atoms with Gasteiger partial charge in [0, 0.05) is 0 Å². The van der Waals surface area contributed by atoms with Gasteiger partial charge in [-0.1, -0.05) is 6.07 Å². The number of hydrogen-bond acceptors (Lipinski definition) is 4. The number of benzene rings is 2. The molecule has 0 fully saturated rings. The normalized spacial score (nSPS) is 10.5. The van der Waals surface area contributed by atoms with E-state index in [-0.39, 0.29) is 0 Å². The van der Waals surface area contributed by atoms with Crippen LogP contribution in [0.3, 0.4) is 0 Å². The minimum absolute atomic E-state index is 0.327. The number of azo groups is 1. The summed E-state index contributed by atoms with van der Waals surface area (Å²) in [5.41, 5.74) is 5.99. The van der Waals surface area contributed by atoms with Gasteiger partial charge in [0.2, 0.25) is 0 Å². The van der Waals surface area contributed by atoms with E-state index in [2.05, 4.69) is 28.4 Å². The van der Waals surface area contributed by atoms with Gasteiger partial charge < -0.3 is 0 Å². The molecule has 0 saturated heterocycles. The predicted octanol–water partition coefficient (Wildman–Crippen LogP) is 5.08. The Hall–Kier alpha value is -2.98. The average molecular weight is 288 g/mol. The molecule has 0 bridgehead atoms. The van der Waals surface area contributed by atoms with Crippen LogP contribution in [0.5, 0.6) is 0 Å². The van der Waals surface area contributed by atoms with Gasteiger partial charge in [0.05, 0.1) is 16.8 Å². The number of hydrogen-bond donors (Lipinski definition) is 0. The van der Waals surface area contributed by atoms with Gasteiger partial charge in [0.15, 0.2) is 0 Å². The molecule has 0 N–H and O–H groups in total. The Morgan fingerprint density at radius 2 is 1.27 bits per heavy atom. The Balaban J connectivity index is 2.54. The van der Waals surface area contributed by atoms with E-state index >= 15 is 0 Å². The Kier molecular flexibility index (Phi) is 4.34. The fraction of sp³-hybridized carbons (Fsp3) is 0.222. The third kappa shape index (κ3) is 3.02. The van der Waals surface area contributed by atoms with Crippen LogP contribution in [0.4, 0.5) is 11.4 Å². The Bertz CT molecular complexity index is 814. The van der Waals surface area contributed by atoms with Gasteiger partial charge >= 0.3 is 0 Å². The minimum Gasteiger partial charge on any atom is -0.192 e. The molecule has 0 aliphatic rings. The van der Waals surface area contributed by atoms with E-state index in [1.807, 2.05) is 33.8 Å². The zero-order valence-corrected chi connectivity index (χ0v) is 13.1. The highest BCUT2D eigenvalue weighted by atomic mass is 15.1. The first-order valence-electron chi connectivity index (χ1n) is 6.90. The third-order valence-corrected chi connectivity index (χ3v) is 3.57. The quantitative estimate of drug-likeness (QED) is 0.723. The van der Waals surface area contributed by atoms with E-state index in [9.17, 15) is 10.5 Å². The van der Waals surface area contributed by atoms with Crippen LogP contribution in [0.25, 0.3) is 0 Å². The molecule has 4 heteroatoms. The maximum atomic E-state index is 9.23. The highest BCUT2D eigenvalue weighted by Gasteiger charge is 2.09. The topological polar surface area (TPSA) is 72.3 Å². The summed E-state index contributed by atoms with van der Waals surface area (Å²) in [5, 5.41) is 26.9. The fourth-order valence-corrected chi connectivity index (χ4v) is 2.21. The Morgan fingerprint density at radius 1 is 0.727 bits per heavy atom. The van der Waals surface area contributed by atoms with Gasteiger partial charge in [0.25, 0.3) is 0 Å². The van der Waals surface area contributed by atoms with Crippen LogP contribution in [0, 0.1) is 50.4 Å². The second kappa shape index (κ2) is 6.20. The van der Waals surface area contributed by atoms with Crippen molar-refractivity contribution in [2.45, 2.75) is 27.7 Å². The molecule has 4 nitrogen and oxygen atoms in total. The van der Waals surface area contributed by atoms with Crippen molar-refractivity contribution in [3.8, 4) is 12.1 Å². The monoisotopic (exact) mass is 288 g/mol. The van der Waals surface area contributed by atoms with Crippen molar-refractivity contribution in [3.63, 3.8) is 0 Å². The lowest BCUT2D eigenvalue weighted by Gasteiger charge is -2.05. The molecule has 0 atom stereocenters. The molecule has 2 rings (SSSR count). The lowest BCUT2D eigenvalue weighted by molar-refractivity contribution is 1.17. The smallest absolute Gasteiger partial charge is 0.121 e. The van der Waals surface area contributed by atoms with Gasteiger partial charge in [-0.2, -0.15) is 15.6 Å². The summed E-state index contributed by atoms with van der Waals surface area (Å²) < 4.78 is 0. The van der Waals surface area contributed by atoms with Crippen LogP contribution in [0.2, 0.25) is 0 Å². The van der Waals surface area contributed by atoms with Crippen molar-refractivity contribution in [1.82, 2.24) is 0 Å². The lowest BCUT2D eigenvalue weighted by atomic mass is 10.0. The van der Waals surface area contributed by atoms with E-state index in [1.54, 1.807) is 12.1 Å². The average Bonchev–Trinajstić information content (AvgIpc) is 2.49. The van der Waals surface area contributed by atoms with Gasteiger partial charge in [-0.3, -0.25) is 0 Å². The molecule has 0 heterocycles. The first kappa shape index (κ1) is 15.4. The highest BCUT2D eigenvalue weighted by molar-refractivity contribution is 5.64. The Labute approximate surface area is 130 Å². The van der Waals surface area contributed by atoms with Crippen LogP contribution in [-0.2, 0) is 0 Å². The van der Waals surface area contributed by atoms with Crippen LogP contribution in [-0.4, -0.2) is 0 Å². The molecule has 0 aromatic heterocycles. The van der Waals surface area contributed by atoms with Gasteiger partial charge in [-0.25, -0.2) is 0 Å². The summed E-state index contributed by atoms with van der Waals surface area (Å²) in [5.74, 6) is 0. The summed E-state index contributed by atoms with van der Waals surface area (Å²) >= 11 is 0. The maximum absolute atomic E-state index is 9.23. The van der Waals surface area contributed by atoms with Gasteiger partial charge in [-0.15, -0.1) is 5.11 Å². The largest absolute Gasteiger partial charge is 0.192 e. The van der Waals surface area contributed by atoms with Crippen molar-refractivity contribution in [3.05, 3.63) is 57.6 Å². The second-order valence-corrected chi connectivity index (χ2v) is 5.36. The fourth-order valence-electron chi connectivity index (χ4n) is 2.21. The maximum Gasteiger partial charge on any atom is 0.121 e. The minimum atomic E-state index is 0.327. The molecule has 2 aromatic carbocycles. The second-order valence-electron chi connectivity index (χ2n) is 5.36. The molecular weight excluding hydrogens is 272 g/mol. The molecular formula is C18H16N4. The van der Waals surface area contributed by atoms with Crippen molar-refractivity contribution < 1.29 is 0 Å². The summed E-state index contributed by atoms with van der Waals surface area (Å²) in [6.07, 6.45) is 0. The van der Waals surface area contributed by atoms with E-state index in [4.69, 9.17) is 0 Å². The third-order valence-electron chi connectivity index (χ3n) is 3.57. The van der Waals surface area contributed by atoms with Crippen molar-refractivity contribution in [1.29, 1.82) is 10.5 Å². The molecule has 108 valence electrons. The predicted molar refractivity (Wildman–Crippen MR) is 85.4 cm³/mol. The number of nitriles is 2.